The Morgan fingerprint density at radius 3 is 2.42 bits per heavy atom. The van der Waals surface area contributed by atoms with Crippen molar-refractivity contribution < 1.29 is 14.6 Å². The van der Waals surface area contributed by atoms with Gasteiger partial charge in [0.1, 0.15) is 12.4 Å². The standard InChI is InChI=1S/C26H22O3S2/c1-30-21-11-12-24(29-17-19-5-3-2-4-6-19)23(16-21)22-13-14-31-26(22)20-9-7-18(8-10-20)15-25(27)28/h2-14,16H,15,17H2,1H3,(H,27,28). The average Bonchev–Trinajstić information content (AvgIpc) is 3.28. The fourth-order valence-electron chi connectivity index (χ4n) is 3.40. The lowest BCUT2D eigenvalue weighted by Gasteiger charge is -2.14. The molecule has 0 spiro atoms. The molecular weight excluding hydrogens is 424 g/mol. The molecule has 31 heavy (non-hydrogen) atoms. The van der Waals surface area contributed by atoms with Crippen molar-refractivity contribution in [2.75, 3.05) is 6.26 Å². The van der Waals surface area contributed by atoms with Crippen LogP contribution >= 0.6 is 23.1 Å². The number of carboxylic acid groups (broad SMARTS) is 1. The number of benzene rings is 3. The number of thioether (sulfide) groups is 1. The van der Waals surface area contributed by atoms with Gasteiger partial charge in [0.25, 0.3) is 0 Å². The number of rotatable bonds is 8. The van der Waals surface area contributed by atoms with E-state index in [0.717, 1.165) is 38.4 Å². The largest absolute Gasteiger partial charge is 0.488 e. The van der Waals surface area contributed by atoms with Gasteiger partial charge in [-0.05, 0) is 52.6 Å². The van der Waals surface area contributed by atoms with Gasteiger partial charge in [0.15, 0.2) is 0 Å². The Kier molecular flexibility index (Phi) is 6.75. The van der Waals surface area contributed by atoms with E-state index in [1.165, 1.54) is 4.90 Å². The molecule has 0 unspecified atom stereocenters. The zero-order valence-corrected chi connectivity index (χ0v) is 18.7. The molecular formula is C26H22O3S2. The van der Waals surface area contributed by atoms with E-state index in [-0.39, 0.29) is 6.42 Å². The van der Waals surface area contributed by atoms with Gasteiger partial charge >= 0.3 is 5.97 Å². The summed E-state index contributed by atoms with van der Waals surface area (Å²) in [5, 5.41) is 11.1. The molecule has 0 aliphatic heterocycles. The van der Waals surface area contributed by atoms with Gasteiger partial charge in [-0.15, -0.1) is 23.1 Å². The van der Waals surface area contributed by atoms with Crippen LogP contribution in [0.15, 0.2) is 89.1 Å². The highest BCUT2D eigenvalue weighted by Crippen LogP contribution is 2.42. The van der Waals surface area contributed by atoms with Crippen molar-refractivity contribution in [1.29, 1.82) is 0 Å². The summed E-state index contributed by atoms with van der Waals surface area (Å²) in [5.74, 6) is 0.0300. The number of thiophene rings is 1. The molecule has 3 aromatic carbocycles. The second kappa shape index (κ2) is 9.86. The second-order valence-electron chi connectivity index (χ2n) is 7.07. The second-order valence-corrected chi connectivity index (χ2v) is 8.86. The van der Waals surface area contributed by atoms with Crippen LogP contribution < -0.4 is 4.74 Å². The third kappa shape index (κ3) is 5.19. The highest BCUT2D eigenvalue weighted by atomic mass is 32.2. The zero-order chi connectivity index (χ0) is 21.6. The first-order chi connectivity index (χ1) is 15.1. The zero-order valence-electron chi connectivity index (χ0n) is 17.1. The SMILES string of the molecule is CSc1ccc(OCc2ccccc2)c(-c2ccsc2-c2ccc(CC(=O)O)cc2)c1. The summed E-state index contributed by atoms with van der Waals surface area (Å²) in [6, 6.07) is 26.3. The normalized spacial score (nSPS) is 10.7. The van der Waals surface area contributed by atoms with Crippen LogP contribution in [0.1, 0.15) is 11.1 Å². The van der Waals surface area contributed by atoms with E-state index in [4.69, 9.17) is 9.84 Å². The molecule has 0 fully saturated rings. The van der Waals surface area contributed by atoms with Crippen molar-refractivity contribution in [2.45, 2.75) is 17.9 Å². The Bertz CT molecular complexity index is 1160. The molecule has 3 nitrogen and oxygen atoms in total. The maximum atomic E-state index is 11.0. The predicted octanol–water partition coefficient (Wildman–Crippen LogP) is 7.01. The lowest BCUT2D eigenvalue weighted by molar-refractivity contribution is -0.136. The van der Waals surface area contributed by atoms with Crippen molar-refractivity contribution in [3.8, 4) is 27.3 Å². The summed E-state index contributed by atoms with van der Waals surface area (Å²) in [4.78, 5) is 13.3. The van der Waals surface area contributed by atoms with Crippen LogP contribution in [0.4, 0.5) is 0 Å². The van der Waals surface area contributed by atoms with Crippen LogP contribution in [-0.2, 0) is 17.8 Å². The van der Waals surface area contributed by atoms with Gasteiger partial charge in [0.2, 0.25) is 0 Å². The van der Waals surface area contributed by atoms with Crippen LogP contribution in [-0.4, -0.2) is 17.3 Å². The number of aliphatic carboxylic acids is 1. The molecule has 0 aliphatic rings. The van der Waals surface area contributed by atoms with Crippen LogP contribution in [0.3, 0.4) is 0 Å². The molecule has 5 heteroatoms. The minimum absolute atomic E-state index is 0.0326. The number of carboxylic acids is 1. The highest BCUT2D eigenvalue weighted by molar-refractivity contribution is 7.98. The Hall–Kier alpha value is -3.02. The number of ether oxygens (including phenoxy) is 1. The lowest BCUT2D eigenvalue weighted by Crippen LogP contribution is -1.99. The van der Waals surface area contributed by atoms with E-state index in [9.17, 15) is 4.79 Å². The van der Waals surface area contributed by atoms with Gasteiger partial charge in [0, 0.05) is 20.9 Å². The van der Waals surface area contributed by atoms with Crippen molar-refractivity contribution in [2.24, 2.45) is 0 Å². The van der Waals surface area contributed by atoms with Gasteiger partial charge in [-0.1, -0.05) is 54.6 Å². The summed E-state index contributed by atoms with van der Waals surface area (Å²) in [6.45, 7) is 0.510. The van der Waals surface area contributed by atoms with Gasteiger partial charge in [-0.3, -0.25) is 4.79 Å². The number of carbonyl (C=O) groups is 1. The molecule has 4 aromatic rings. The van der Waals surface area contributed by atoms with Crippen LogP contribution in [0.2, 0.25) is 0 Å². The minimum Gasteiger partial charge on any atom is -0.488 e. The molecule has 0 atom stereocenters. The average molecular weight is 447 g/mol. The highest BCUT2D eigenvalue weighted by Gasteiger charge is 2.15. The number of hydrogen-bond acceptors (Lipinski definition) is 4. The topological polar surface area (TPSA) is 46.5 Å². The molecule has 1 heterocycles. The van der Waals surface area contributed by atoms with E-state index >= 15 is 0 Å². The molecule has 1 N–H and O–H groups in total. The summed E-state index contributed by atoms with van der Waals surface area (Å²) in [5.41, 5.74) is 5.18. The predicted molar refractivity (Wildman–Crippen MR) is 129 cm³/mol. The van der Waals surface area contributed by atoms with Crippen molar-refractivity contribution in [3.63, 3.8) is 0 Å². The van der Waals surface area contributed by atoms with Gasteiger partial charge < -0.3 is 9.84 Å². The summed E-state index contributed by atoms with van der Waals surface area (Å²) in [6.07, 6.45) is 2.10. The van der Waals surface area contributed by atoms with E-state index in [1.54, 1.807) is 23.1 Å². The van der Waals surface area contributed by atoms with Gasteiger partial charge in [-0.25, -0.2) is 0 Å². The quantitative estimate of drug-likeness (QED) is 0.296. The first-order valence-corrected chi connectivity index (χ1v) is 12.0. The smallest absolute Gasteiger partial charge is 0.307 e. The molecule has 1 aromatic heterocycles. The van der Waals surface area contributed by atoms with Gasteiger partial charge in [-0.2, -0.15) is 0 Å². The van der Waals surface area contributed by atoms with E-state index in [0.29, 0.717) is 6.61 Å². The molecule has 4 rings (SSSR count). The lowest BCUT2D eigenvalue weighted by atomic mass is 10.0. The maximum absolute atomic E-state index is 11.0. The Balaban J connectivity index is 1.68. The van der Waals surface area contributed by atoms with E-state index in [2.05, 4.69) is 42.0 Å². The molecule has 0 amide bonds. The number of hydrogen-bond donors (Lipinski definition) is 1. The van der Waals surface area contributed by atoms with Crippen LogP contribution in [0.25, 0.3) is 21.6 Å². The van der Waals surface area contributed by atoms with Gasteiger partial charge in [0.05, 0.1) is 6.42 Å². The molecule has 0 bridgehead atoms. The first-order valence-electron chi connectivity index (χ1n) is 9.88. The monoisotopic (exact) mass is 446 g/mol. The Morgan fingerprint density at radius 1 is 0.935 bits per heavy atom. The van der Waals surface area contributed by atoms with Crippen molar-refractivity contribution in [3.05, 3.63) is 95.4 Å². The van der Waals surface area contributed by atoms with Crippen molar-refractivity contribution in [1.82, 2.24) is 0 Å². The van der Waals surface area contributed by atoms with E-state index in [1.807, 2.05) is 48.5 Å². The summed E-state index contributed by atoms with van der Waals surface area (Å²) < 4.78 is 6.23. The first kappa shape index (κ1) is 21.2. The fourth-order valence-corrected chi connectivity index (χ4v) is 4.76. The van der Waals surface area contributed by atoms with E-state index < -0.39 is 5.97 Å². The third-order valence-electron chi connectivity index (χ3n) is 4.95. The molecule has 0 radical (unpaired) electrons. The van der Waals surface area contributed by atoms with Crippen LogP contribution in [0.5, 0.6) is 5.75 Å². The fraction of sp³-hybridized carbons (Fsp3) is 0.115. The minimum atomic E-state index is -0.821. The van der Waals surface area contributed by atoms with Crippen molar-refractivity contribution >= 4 is 29.1 Å². The molecule has 0 saturated heterocycles. The Labute approximate surface area is 190 Å². The molecule has 156 valence electrons. The summed E-state index contributed by atoms with van der Waals surface area (Å²) >= 11 is 3.38. The molecule has 0 saturated carbocycles. The maximum Gasteiger partial charge on any atom is 0.307 e. The Morgan fingerprint density at radius 2 is 1.71 bits per heavy atom. The molecule has 0 aliphatic carbocycles. The summed E-state index contributed by atoms with van der Waals surface area (Å²) in [7, 11) is 0. The van der Waals surface area contributed by atoms with Crippen LogP contribution in [0, 0.1) is 0 Å². The third-order valence-corrected chi connectivity index (χ3v) is 6.64.